The van der Waals surface area contributed by atoms with E-state index in [1.807, 2.05) is 48.2 Å². The molecule has 0 N–H and O–H groups in total. The minimum absolute atomic E-state index is 0.111. The Morgan fingerprint density at radius 3 is 2.46 bits per heavy atom. The molecule has 0 aliphatic carbocycles. The zero-order valence-corrected chi connectivity index (χ0v) is 14.0. The highest BCUT2D eigenvalue weighted by Gasteiger charge is 2.22. The number of hydrogen-bond donors (Lipinski definition) is 0. The molecule has 0 bridgehead atoms. The van der Waals surface area contributed by atoms with E-state index in [2.05, 4.69) is 42.5 Å². The van der Waals surface area contributed by atoms with Gasteiger partial charge in [-0.3, -0.25) is 0 Å². The summed E-state index contributed by atoms with van der Waals surface area (Å²) in [4.78, 5) is 1.15. The second-order valence-electron chi connectivity index (χ2n) is 5.71. The van der Waals surface area contributed by atoms with Crippen LogP contribution in [0.2, 0.25) is 0 Å². The highest BCUT2D eigenvalue weighted by Crippen LogP contribution is 2.42. The molecule has 0 saturated carbocycles. The van der Waals surface area contributed by atoms with Crippen LogP contribution >= 0.6 is 11.8 Å². The van der Waals surface area contributed by atoms with Gasteiger partial charge in [0.15, 0.2) is 0 Å². The molecule has 1 aliphatic rings. The number of thioether (sulfide) groups is 1. The number of fused-ring (bicyclic) bond motifs is 1. The molecule has 4 rings (SSSR count). The van der Waals surface area contributed by atoms with Gasteiger partial charge in [-0.15, -0.1) is 11.8 Å². The van der Waals surface area contributed by atoms with Crippen LogP contribution in [0.5, 0.6) is 11.5 Å². The molecular weight excluding hydrogens is 316 g/mol. The van der Waals surface area contributed by atoms with E-state index in [1.54, 1.807) is 0 Å². The lowest BCUT2D eigenvalue weighted by atomic mass is 10.1. The SMILES string of the molecule is c1ccc(COc2ccc3c(c2)SC[C@H](c2ccccc2)O3)cc1. The predicted molar refractivity (Wildman–Crippen MR) is 97.8 cm³/mol. The van der Waals surface area contributed by atoms with Crippen LogP contribution in [0.15, 0.2) is 83.8 Å². The maximum atomic E-state index is 6.16. The summed E-state index contributed by atoms with van der Waals surface area (Å²) in [5.74, 6) is 2.73. The number of benzene rings is 3. The fraction of sp³-hybridized carbons (Fsp3) is 0.143. The van der Waals surface area contributed by atoms with Gasteiger partial charge >= 0.3 is 0 Å². The minimum Gasteiger partial charge on any atom is -0.489 e. The van der Waals surface area contributed by atoms with E-state index in [0.717, 1.165) is 22.1 Å². The van der Waals surface area contributed by atoms with Gasteiger partial charge in [0.2, 0.25) is 0 Å². The highest BCUT2D eigenvalue weighted by atomic mass is 32.2. The first-order chi connectivity index (χ1) is 11.9. The van der Waals surface area contributed by atoms with E-state index in [0.29, 0.717) is 6.61 Å². The summed E-state index contributed by atoms with van der Waals surface area (Å²) in [6, 6.07) is 26.7. The van der Waals surface area contributed by atoms with Crippen LogP contribution < -0.4 is 9.47 Å². The smallest absolute Gasteiger partial charge is 0.134 e. The molecule has 24 heavy (non-hydrogen) atoms. The van der Waals surface area contributed by atoms with Gasteiger partial charge in [0.05, 0.1) is 4.90 Å². The molecule has 2 nitrogen and oxygen atoms in total. The van der Waals surface area contributed by atoms with Crippen molar-refractivity contribution in [1.82, 2.24) is 0 Å². The van der Waals surface area contributed by atoms with Crippen molar-refractivity contribution in [1.29, 1.82) is 0 Å². The molecule has 0 aromatic heterocycles. The van der Waals surface area contributed by atoms with Crippen LogP contribution in [-0.4, -0.2) is 5.75 Å². The molecule has 120 valence electrons. The summed E-state index contributed by atoms with van der Waals surface area (Å²) in [5, 5.41) is 0. The number of hydrogen-bond acceptors (Lipinski definition) is 3. The second kappa shape index (κ2) is 7.02. The monoisotopic (exact) mass is 334 g/mol. The molecule has 1 atom stereocenters. The summed E-state index contributed by atoms with van der Waals surface area (Å²) >= 11 is 1.82. The molecule has 0 spiro atoms. The van der Waals surface area contributed by atoms with E-state index in [-0.39, 0.29) is 6.10 Å². The Balaban J connectivity index is 1.45. The minimum atomic E-state index is 0.111. The zero-order valence-electron chi connectivity index (χ0n) is 13.2. The molecule has 0 amide bonds. The Kier molecular flexibility index (Phi) is 4.43. The van der Waals surface area contributed by atoms with E-state index in [4.69, 9.17) is 9.47 Å². The molecule has 3 aromatic carbocycles. The Hall–Kier alpha value is -2.39. The molecule has 0 radical (unpaired) electrons. The quantitative estimate of drug-likeness (QED) is 0.628. The molecule has 0 unspecified atom stereocenters. The predicted octanol–water partition coefficient (Wildman–Crippen LogP) is 5.49. The van der Waals surface area contributed by atoms with Crippen molar-refractivity contribution in [2.24, 2.45) is 0 Å². The van der Waals surface area contributed by atoms with Gasteiger partial charge in [-0.25, -0.2) is 0 Å². The second-order valence-corrected chi connectivity index (χ2v) is 6.77. The largest absolute Gasteiger partial charge is 0.489 e. The highest BCUT2D eigenvalue weighted by molar-refractivity contribution is 7.99. The summed E-state index contributed by atoms with van der Waals surface area (Å²) in [7, 11) is 0. The van der Waals surface area contributed by atoms with Gasteiger partial charge in [0, 0.05) is 5.75 Å². The van der Waals surface area contributed by atoms with Crippen LogP contribution in [0.3, 0.4) is 0 Å². The molecule has 0 saturated heterocycles. The van der Waals surface area contributed by atoms with Crippen molar-refractivity contribution in [3.05, 3.63) is 90.0 Å². The Labute approximate surface area is 146 Å². The summed E-state index contributed by atoms with van der Waals surface area (Å²) in [5.41, 5.74) is 2.39. The van der Waals surface area contributed by atoms with Crippen LogP contribution in [0.4, 0.5) is 0 Å². The average molecular weight is 334 g/mol. The van der Waals surface area contributed by atoms with Crippen LogP contribution in [-0.2, 0) is 6.61 Å². The van der Waals surface area contributed by atoms with Gasteiger partial charge in [-0.1, -0.05) is 60.7 Å². The maximum absolute atomic E-state index is 6.16. The normalized spacial score (nSPS) is 16.1. The third-order valence-corrected chi connectivity index (χ3v) is 5.09. The molecule has 3 heteroatoms. The third kappa shape index (κ3) is 3.41. The van der Waals surface area contributed by atoms with Crippen molar-refractivity contribution < 1.29 is 9.47 Å². The van der Waals surface area contributed by atoms with Gasteiger partial charge < -0.3 is 9.47 Å². The number of rotatable bonds is 4. The Morgan fingerprint density at radius 1 is 0.917 bits per heavy atom. The van der Waals surface area contributed by atoms with Crippen LogP contribution in [0.25, 0.3) is 0 Å². The van der Waals surface area contributed by atoms with Crippen LogP contribution in [0.1, 0.15) is 17.2 Å². The Morgan fingerprint density at radius 2 is 1.67 bits per heavy atom. The first-order valence-electron chi connectivity index (χ1n) is 8.04. The van der Waals surface area contributed by atoms with Gasteiger partial charge in [-0.05, 0) is 29.3 Å². The van der Waals surface area contributed by atoms with E-state index in [9.17, 15) is 0 Å². The lowest BCUT2D eigenvalue weighted by molar-refractivity contribution is 0.219. The molecule has 1 heterocycles. The standard InChI is InChI=1S/C21H18O2S/c1-3-7-16(8-4-1)14-22-18-11-12-19-21(13-18)24-15-20(23-19)17-9-5-2-6-10-17/h1-13,20H,14-15H2/t20-/m1/s1. The van der Waals surface area contributed by atoms with Gasteiger partial charge in [-0.2, -0.15) is 0 Å². The first-order valence-corrected chi connectivity index (χ1v) is 9.02. The van der Waals surface area contributed by atoms with Gasteiger partial charge in [0.1, 0.15) is 24.2 Å². The molecular formula is C21H18O2S. The summed E-state index contributed by atoms with van der Waals surface area (Å²) in [6.07, 6.45) is 0.111. The van der Waals surface area contributed by atoms with Crippen molar-refractivity contribution in [3.8, 4) is 11.5 Å². The van der Waals surface area contributed by atoms with Gasteiger partial charge in [0.25, 0.3) is 0 Å². The third-order valence-electron chi connectivity index (χ3n) is 3.99. The van der Waals surface area contributed by atoms with Crippen molar-refractivity contribution in [3.63, 3.8) is 0 Å². The lowest BCUT2D eigenvalue weighted by Crippen LogP contribution is -2.14. The Bertz CT molecular complexity index is 803. The van der Waals surface area contributed by atoms with E-state index in [1.165, 1.54) is 11.1 Å². The number of ether oxygens (including phenoxy) is 2. The molecule has 3 aromatic rings. The average Bonchev–Trinajstić information content (AvgIpc) is 2.67. The van der Waals surface area contributed by atoms with E-state index < -0.39 is 0 Å². The van der Waals surface area contributed by atoms with Crippen molar-refractivity contribution in [2.75, 3.05) is 5.75 Å². The fourth-order valence-corrected chi connectivity index (χ4v) is 3.76. The maximum Gasteiger partial charge on any atom is 0.134 e. The fourth-order valence-electron chi connectivity index (χ4n) is 2.71. The van der Waals surface area contributed by atoms with Crippen LogP contribution in [0, 0.1) is 0 Å². The summed E-state index contributed by atoms with van der Waals surface area (Å²) < 4.78 is 12.1. The topological polar surface area (TPSA) is 18.5 Å². The molecule has 1 aliphatic heterocycles. The van der Waals surface area contributed by atoms with E-state index >= 15 is 0 Å². The zero-order chi connectivity index (χ0) is 16.2. The lowest BCUT2D eigenvalue weighted by Gasteiger charge is -2.26. The first kappa shape index (κ1) is 15.2. The van der Waals surface area contributed by atoms with Crippen molar-refractivity contribution >= 4 is 11.8 Å². The van der Waals surface area contributed by atoms with Crippen molar-refractivity contribution in [2.45, 2.75) is 17.6 Å². The summed E-state index contributed by atoms with van der Waals surface area (Å²) in [6.45, 7) is 0.581. The molecule has 0 fully saturated rings.